The third kappa shape index (κ3) is 3.93. The lowest BCUT2D eigenvalue weighted by Crippen LogP contribution is -2.32. The SMILES string of the molecule is CC(C)(C)C(=O)CCC(=O)N1Cc2ccccc2/C=C\c2ccccc21. The van der Waals surface area contributed by atoms with Gasteiger partial charge in [0.15, 0.2) is 0 Å². The van der Waals surface area contributed by atoms with E-state index in [1.807, 2.05) is 74.2 Å². The molecule has 2 aromatic rings. The van der Waals surface area contributed by atoms with Gasteiger partial charge >= 0.3 is 0 Å². The first-order valence-electron chi connectivity index (χ1n) is 9.05. The molecule has 1 amide bonds. The highest BCUT2D eigenvalue weighted by molar-refractivity contribution is 5.99. The van der Waals surface area contributed by atoms with E-state index in [1.165, 1.54) is 0 Å². The average Bonchev–Trinajstić information content (AvgIpc) is 2.60. The van der Waals surface area contributed by atoms with Crippen molar-refractivity contribution < 1.29 is 9.59 Å². The summed E-state index contributed by atoms with van der Waals surface area (Å²) in [7, 11) is 0. The number of carbonyl (C=O) groups excluding carboxylic acids is 2. The fraction of sp³-hybridized carbons (Fsp3) is 0.304. The van der Waals surface area contributed by atoms with Crippen LogP contribution in [0.3, 0.4) is 0 Å². The van der Waals surface area contributed by atoms with Gasteiger partial charge in [0.05, 0.1) is 12.2 Å². The molecule has 1 aliphatic rings. The van der Waals surface area contributed by atoms with Crippen molar-refractivity contribution in [1.29, 1.82) is 0 Å². The number of carbonyl (C=O) groups is 2. The molecule has 0 bridgehead atoms. The van der Waals surface area contributed by atoms with E-state index >= 15 is 0 Å². The van der Waals surface area contributed by atoms with Crippen LogP contribution in [0, 0.1) is 5.41 Å². The number of Topliss-reactive ketones (excluding diaryl/α,β-unsaturated/α-hetero) is 1. The molecule has 0 aromatic heterocycles. The van der Waals surface area contributed by atoms with Gasteiger partial charge in [0.2, 0.25) is 5.91 Å². The zero-order valence-electron chi connectivity index (χ0n) is 15.7. The van der Waals surface area contributed by atoms with Crippen molar-refractivity contribution in [2.75, 3.05) is 4.90 Å². The summed E-state index contributed by atoms with van der Waals surface area (Å²) in [5.74, 6) is 0.103. The highest BCUT2D eigenvalue weighted by Gasteiger charge is 2.25. The number of fused-ring (bicyclic) bond motifs is 2. The number of anilines is 1. The van der Waals surface area contributed by atoms with Gasteiger partial charge in [0.1, 0.15) is 5.78 Å². The second-order valence-corrected chi connectivity index (χ2v) is 7.74. The predicted molar refractivity (Wildman–Crippen MR) is 107 cm³/mol. The van der Waals surface area contributed by atoms with Gasteiger partial charge in [-0.25, -0.2) is 0 Å². The van der Waals surface area contributed by atoms with E-state index in [-0.39, 0.29) is 24.5 Å². The molecule has 0 aliphatic carbocycles. The normalized spacial score (nSPS) is 14.7. The van der Waals surface area contributed by atoms with Gasteiger partial charge < -0.3 is 4.90 Å². The molecule has 0 N–H and O–H groups in total. The molecule has 3 rings (SSSR count). The third-order valence-corrected chi connectivity index (χ3v) is 4.76. The van der Waals surface area contributed by atoms with Gasteiger partial charge in [0, 0.05) is 18.3 Å². The highest BCUT2D eigenvalue weighted by Crippen LogP contribution is 2.29. The van der Waals surface area contributed by atoms with Crippen LogP contribution >= 0.6 is 0 Å². The maximum atomic E-state index is 13.0. The standard InChI is InChI=1S/C23H25NO2/c1-23(2,3)21(25)14-15-22(26)24-16-19-10-5-4-8-17(19)12-13-18-9-6-7-11-20(18)24/h4-13H,14-16H2,1-3H3/b13-12-. The molecule has 1 aliphatic heterocycles. The van der Waals surface area contributed by atoms with E-state index < -0.39 is 5.41 Å². The average molecular weight is 347 g/mol. The Morgan fingerprint density at radius 2 is 1.50 bits per heavy atom. The van der Waals surface area contributed by atoms with Crippen LogP contribution < -0.4 is 4.90 Å². The highest BCUT2D eigenvalue weighted by atomic mass is 16.2. The van der Waals surface area contributed by atoms with E-state index in [0.717, 1.165) is 22.4 Å². The van der Waals surface area contributed by atoms with Crippen molar-refractivity contribution in [2.45, 2.75) is 40.2 Å². The lowest BCUT2D eigenvalue weighted by molar-refractivity contribution is -0.129. The zero-order valence-corrected chi connectivity index (χ0v) is 15.7. The Kier molecular flexibility index (Phi) is 5.08. The van der Waals surface area contributed by atoms with Gasteiger partial charge in [-0.2, -0.15) is 0 Å². The van der Waals surface area contributed by atoms with E-state index in [4.69, 9.17) is 0 Å². The van der Waals surface area contributed by atoms with Crippen LogP contribution in [0.25, 0.3) is 12.2 Å². The minimum absolute atomic E-state index is 0.0137. The Labute approximate surface area is 155 Å². The van der Waals surface area contributed by atoms with Crippen molar-refractivity contribution in [1.82, 2.24) is 0 Å². The molecule has 0 saturated heterocycles. The van der Waals surface area contributed by atoms with Crippen molar-refractivity contribution in [3.63, 3.8) is 0 Å². The molecule has 3 heteroatoms. The Morgan fingerprint density at radius 3 is 2.23 bits per heavy atom. The summed E-state index contributed by atoms with van der Waals surface area (Å²) in [6.45, 7) is 6.20. The van der Waals surface area contributed by atoms with Crippen molar-refractivity contribution in [2.24, 2.45) is 5.41 Å². The second kappa shape index (κ2) is 7.28. The molecule has 2 aromatic carbocycles. The van der Waals surface area contributed by atoms with Gasteiger partial charge in [-0.05, 0) is 22.8 Å². The number of rotatable bonds is 3. The second-order valence-electron chi connectivity index (χ2n) is 7.74. The summed E-state index contributed by atoms with van der Waals surface area (Å²) in [5.41, 5.74) is 3.72. The van der Waals surface area contributed by atoms with Crippen LogP contribution in [0.4, 0.5) is 5.69 Å². The summed E-state index contributed by atoms with van der Waals surface area (Å²) >= 11 is 0. The molecule has 0 spiro atoms. The van der Waals surface area contributed by atoms with Gasteiger partial charge in [0.25, 0.3) is 0 Å². The van der Waals surface area contributed by atoms with Crippen LogP contribution in [-0.2, 0) is 16.1 Å². The minimum atomic E-state index is -0.413. The Morgan fingerprint density at radius 1 is 0.885 bits per heavy atom. The molecule has 3 nitrogen and oxygen atoms in total. The molecule has 26 heavy (non-hydrogen) atoms. The number of hydrogen-bond acceptors (Lipinski definition) is 2. The number of nitrogens with zero attached hydrogens (tertiary/aromatic N) is 1. The summed E-state index contributed by atoms with van der Waals surface area (Å²) < 4.78 is 0. The summed E-state index contributed by atoms with van der Waals surface area (Å²) in [6, 6.07) is 16.0. The van der Waals surface area contributed by atoms with E-state index in [0.29, 0.717) is 6.54 Å². The molecule has 0 saturated carbocycles. The molecule has 0 atom stereocenters. The Hall–Kier alpha value is -2.68. The molecular weight excluding hydrogens is 322 g/mol. The summed E-state index contributed by atoms with van der Waals surface area (Å²) in [5, 5.41) is 0. The van der Waals surface area contributed by atoms with E-state index in [2.05, 4.69) is 12.1 Å². The quantitative estimate of drug-likeness (QED) is 0.775. The first-order valence-corrected chi connectivity index (χ1v) is 9.05. The molecular formula is C23H25NO2. The molecule has 134 valence electrons. The van der Waals surface area contributed by atoms with Crippen LogP contribution in [0.15, 0.2) is 48.5 Å². The first kappa shape index (κ1) is 18.1. The van der Waals surface area contributed by atoms with E-state index in [1.54, 1.807) is 0 Å². The van der Waals surface area contributed by atoms with Gasteiger partial charge in [-0.1, -0.05) is 75.4 Å². The minimum Gasteiger partial charge on any atom is -0.307 e. The van der Waals surface area contributed by atoms with Gasteiger partial charge in [-0.3, -0.25) is 9.59 Å². The van der Waals surface area contributed by atoms with Crippen molar-refractivity contribution >= 4 is 29.5 Å². The monoisotopic (exact) mass is 347 g/mol. The zero-order chi connectivity index (χ0) is 18.7. The number of para-hydroxylation sites is 1. The number of amides is 1. The molecule has 1 heterocycles. The van der Waals surface area contributed by atoms with Crippen molar-refractivity contribution in [3.8, 4) is 0 Å². The lowest BCUT2D eigenvalue weighted by Gasteiger charge is -2.27. The predicted octanol–water partition coefficient (Wildman–Crippen LogP) is 5.10. The fourth-order valence-electron chi connectivity index (χ4n) is 3.10. The smallest absolute Gasteiger partial charge is 0.227 e. The fourth-order valence-corrected chi connectivity index (χ4v) is 3.10. The summed E-state index contributed by atoms with van der Waals surface area (Å²) in [4.78, 5) is 27.1. The number of hydrogen-bond donors (Lipinski definition) is 0. The summed E-state index contributed by atoms with van der Waals surface area (Å²) in [6.07, 6.45) is 4.65. The molecule has 0 radical (unpaired) electrons. The largest absolute Gasteiger partial charge is 0.307 e. The Balaban J connectivity index is 1.91. The molecule has 0 unspecified atom stereocenters. The molecule has 0 fully saturated rings. The van der Waals surface area contributed by atoms with E-state index in [9.17, 15) is 9.59 Å². The van der Waals surface area contributed by atoms with Crippen LogP contribution in [0.2, 0.25) is 0 Å². The third-order valence-electron chi connectivity index (χ3n) is 4.76. The number of benzene rings is 2. The lowest BCUT2D eigenvalue weighted by atomic mass is 9.88. The maximum absolute atomic E-state index is 13.0. The Bertz CT molecular complexity index is 859. The van der Waals surface area contributed by atoms with Crippen molar-refractivity contribution in [3.05, 3.63) is 65.2 Å². The first-order chi connectivity index (χ1) is 12.4. The number of ketones is 1. The van der Waals surface area contributed by atoms with Gasteiger partial charge in [-0.15, -0.1) is 0 Å². The topological polar surface area (TPSA) is 37.4 Å². The van der Waals surface area contributed by atoms with Crippen LogP contribution in [0.5, 0.6) is 0 Å². The van der Waals surface area contributed by atoms with Crippen LogP contribution in [0.1, 0.15) is 50.3 Å². The van der Waals surface area contributed by atoms with Crippen LogP contribution in [-0.4, -0.2) is 11.7 Å². The maximum Gasteiger partial charge on any atom is 0.227 e.